The number of hydrogen-bond donors (Lipinski definition) is 3. The van der Waals surface area contributed by atoms with Gasteiger partial charge in [0.15, 0.2) is 0 Å². The summed E-state index contributed by atoms with van der Waals surface area (Å²) < 4.78 is 0. The zero-order valence-corrected chi connectivity index (χ0v) is 11.8. The molecule has 0 saturated heterocycles. The summed E-state index contributed by atoms with van der Waals surface area (Å²) in [4.78, 5) is 34.5. The van der Waals surface area contributed by atoms with Crippen LogP contribution in [0.15, 0.2) is 30.3 Å². The van der Waals surface area contributed by atoms with Gasteiger partial charge in [-0.15, -0.1) is 0 Å². The molecule has 0 unspecified atom stereocenters. The van der Waals surface area contributed by atoms with Crippen LogP contribution in [0.4, 0.5) is 0 Å². The highest BCUT2D eigenvalue weighted by Crippen LogP contribution is 1.99. The van der Waals surface area contributed by atoms with E-state index in [0.717, 1.165) is 5.56 Å². The molecule has 0 aliphatic carbocycles. The smallest absolute Gasteiger partial charge is 0.327 e. The number of nitrogens with one attached hydrogen (secondary N) is 3. The van der Waals surface area contributed by atoms with Crippen molar-refractivity contribution in [3.05, 3.63) is 35.9 Å². The summed E-state index contributed by atoms with van der Waals surface area (Å²) in [5, 5.41) is 2.49. The zero-order valence-electron chi connectivity index (χ0n) is 11.8. The van der Waals surface area contributed by atoms with Gasteiger partial charge in [-0.25, -0.2) is 0 Å². The molecular weight excluding hydrogens is 258 g/mol. The van der Waals surface area contributed by atoms with Gasteiger partial charge < -0.3 is 5.32 Å². The first-order valence-corrected chi connectivity index (χ1v) is 6.23. The first kappa shape index (κ1) is 15.7. The number of carbonyl (C=O) groups is 3. The van der Waals surface area contributed by atoms with Crippen LogP contribution in [-0.2, 0) is 20.8 Å². The van der Waals surface area contributed by atoms with Crippen molar-refractivity contribution in [2.24, 2.45) is 0 Å². The van der Waals surface area contributed by atoms with Crippen LogP contribution in [0.2, 0.25) is 0 Å². The minimum atomic E-state index is -0.902. The van der Waals surface area contributed by atoms with Crippen LogP contribution in [0.3, 0.4) is 0 Å². The summed E-state index contributed by atoms with van der Waals surface area (Å²) in [5.74, 6) is -2.09. The van der Waals surface area contributed by atoms with E-state index in [2.05, 4.69) is 16.2 Å². The van der Waals surface area contributed by atoms with Gasteiger partial charge in [0.2, 0.25) is 5.91 Å². The monoisotopic (exact) mass is 277 g/mol. The molecule has 0 saturated carbocycles. The van der Waals surface area contributed by atoms with E-state index < -0.39 is 23.3 Å². The molecule has 0 spiro atoms. The molecule has 20 heavy (non-hydrogen) atoms. The Balaban J connectivity index is 2.37. The molecule has 0 aliphatic heterocycles. The highest BCUT2D eigenvalue weighted by molar-refractivity contribution is 6.35. The lowest BCUT2D eigenvalue weighted by atomic mass is 10.1. The van der Waals surface area contributed by atoms with Crippen molar-refractivity contribution < 1.29 is 14.4 Å². The fraction of sp³-hybridized carbons (Fsp3) is 0.357. The minimum absolute atomic E-state index is 0.127. The normalized spacial score (nSPS) is 10.6. The van der Waals surface area contributed by atoms with Crippen LogP contribution in [-0.4, -0.2) is 23.3 Å². The van der Waals surface area contributed by atoms with Crippen LogP contribution in [0, 0.1) is 0 Å². The Morgan fingerprint density at radius 2 is 1.55 bits per heavy atom. The fourth-order valence-corrected chi connectivity index (χ4v) is 1.41. The van der Waals surface area contributed by atoms with E-state index in [0.29, 0.717) is 0 Å². The van der Waals surface area contributed by atoms with Gasteiger partial charge in [0.1, 0.15) is 0 Å². The second-order valence-corrected chi connectivity index (χ2v) is 5.37. The van der Waals surface area contributed by atoms with Crippen LogP contribution in [0.5, 0.6) is 0 Å². The molecule has 0 bridgehead atoms. The lowest BCUT2D eigenvalue weighted by molar-refractivity contribution is -0.141. The largest absolute Gasteiger partial charge is 0.343 e. The van der Waals surface area contributed by atoms with E-state index in [1.54, 1.807) is 32.9 Å². The summed E-state index contributed by atoms with van der Waals surface area (Å²) in [6, 6.07) is 9.08. The van der Waals surface area contributed by atoms with E-state index >= 15 is 0 Å². The predicted molar refractivity (Wildman–Crippen MR) is 74.3 cm³/mol. The molecule has 0 atom stereocenters. The number of benzene rings is 1. The standard InChI is InChI=1S/C14H19N3O3/c1-14(2,3)15-12(19)13(20)17-16-11(18)9-10-7-5-4-6-8-10/h4-8H,9H2,1-3H3,(H,15,19)(H,16,18)(H,17,20). The molecule has 6 nitrogen and oxygen atoms in total. The van der Waals surface area contributed by atoms with Gasteiger partial charge in [-0.2, -0.15) is 0 Å². The summed E-state index contributed by atoms with van der Waals surface area (Å²) in [6.07, 6.45) is 0.127. The Hall–Kier alpha value is -2.37. The maximum atomic E-state index is 11.6. The molecule has 0 heterocycles. The molecule has 1 aromatic rings. The number of carbonyl (C=O) groups excluding carboxylic acids is 3. The zero-order chi connectivity index (χ0) is 15.2. The van der Waals surface area contributed by atoms with Crippen LogP contribution in [0.1, 0.15) is 26.3 Å². The Labute approximate surface area is 117 Å². The number of rotatable bonds is 2. The van der Waals surface area contributed by atoms with Crippen molar-refractivity contribution in [1.82, 2.24) is 16.2 Å². The first-order chi connectivity index (χ1) is 9.28. The van der Waals surface area contributed by atoms with Crippen LogP contribution < -0.4 is 16.2 Å². The van der Waals surface area contributed by atoms with Crippen molar-refractivity contribution >= 4 is 17.7 Å². The van der Waals surface area contributed by atoms with Gasteiger partial charge in [0.25, 0.3) is 0 Å². The first-order valence-electron chi connectivity index (χ1n) is 6.23. The van der Waals surface area contributed by atoms with Crippen molar-refractivity contribution in [3.8, 4) is 0 Å². The van der Waals surface area contributed by atoms with E-state index in [9.17, 15) is 14.4 Å². The second kappa shape index (κ2) is 6.70. The maximum Gasteiger partial charge on any atom is 0.327 e. The molecule has 0 fully saturated rings. The third kappa shape index (κ3) is 5.99. The van der Waals surface area contributed by atoms with Gasteiger partial charge in [-0.05, 0) is 26.3 Å². The van der Waals surface area contributed by atoms with Crippen molar-refractivity contribution in [3.63, 3.8) is 0 Å². The quantitative estimate of drug-likeness (QED) is 0.536. The van der Waals surface area contributed by atoms with Gasteiger partial charge in [-0.3, -0.25) is 25.2 Å². The minimum Gasteiger partial charge on any atom is -0.343 e. The second-order valence-electron chi connectivity index (χ2n) is 5.37. The Bertz CT molecular complexity index is 492. The van der Waals surface area contributed by atoms with E-state index in [4.69, 9.17) is 0 Å². The SMILES string of the molecule is CC(C)(C)NC(=O)C(=O)NNC(=O)Cc1ccccc1. The summed E-state index contributed by atoms with van der Waals surface area (Å²) >= 11 is 0. The van der Waals surface area contributed by atoms with Gasteiger partial charge in [-0.1, -0.05) is 30.3 Å². The Morgan fingerprint density at radius 1 is 0.950 bits per heavy atom. The van der Waals surface area contributed by atoms with Crippen LogP contribution >= 0.6 is 0 Å². The highest BCUT2D eigenvalue weighted by Gasteiger charge is 2.20. The van der Waals surface area contributed by atoms with E-state index in [-0.39, 0.29) is 6.42 Å². The summed E-state index contributed by atoms with van der Waals surface area (Å²) in [5.41, 5.74) is 4.58. The van der Waals surface area contributed by atoms with E-state index in [1.165, 1.54) is 0 Å². The van der Waals surface area contributed by atoms with Gasteiger partial charge in [0.05, 0.1) is 6.42 Å². The van der Waals surface area contributed by atoms with Crippen LogP contribution in [0.25, 0.3) is 0 Å². The van der Waals surface area contributed by atoms with E-state index in [1.807, 2.05) is 18.2 Å². The predicted octanol–water partition coefficient (Wildman–Crippen LogP) is 0.291. The molecule has 3 amide bonds. The lowest BCUT2D eigenvalue weighted by Crippen LogP contribution is -2.52. The number of hydrazine groups is 1. The highest BCUT2D eigenvalue weighted by atomic mass is 16.2. The molecule has 0 aromatic heterocycles. The fourth-order valence-electron chi connectivity index (χ4n) is 1.41. The molecule has 6 heteroatoms. The molecular formula is C14H19N3O3. The molecule has 1 rings (SSSR count). The topological polar surface area (TPSA) is 87.3 Å². The van der Waals surface area contributed by atoms with Gasteiger partial charge >= 0.3 is 11.8 Å². The van der Waals surface area contributed by atoms with Crippen molar-refractivity contribution in [1.29, 1.82) is 0 Å². The molecule has 0 radical (unpaired) electrons. The average Bonchev–Trinajstić information content (AvgIpc) is 2.35. The van der Waals surface area contributed by atoms with Crippen molar-refractivity contribution in [2.75, 3.05) is 0 Å². The number of hydrogen-bond acceptors (Lipinski definition) is 3. The summed E-state index contributed by atoms with van der Waals surface area (Å²) in [6.45, 7) is 5.27. The Kier molecular flexibility index (Phi) is 5.25. The summed E-state index contributed by atoms with van der Waals surface area (Å²) in [7, 11) is 0. The maximum absolute atomic E-state index is 11.6. The third-order valence-electron chi connectivity index (χ3n) is 2.22. The average molecular weight is 277 g/mol. The lowest BCUT2D eigenvalue weighted by Gasteiger charge is -2.19. The molecule has 108 valence electrons. The molecule has 3 N–H and O–H groups in total. The Morgan fingerprint density at radius 3 is 2.10 bits per heavy atom. The molecule has 0 aliphatic rings. The van der Waals surface area contributed by atoms with Crippen molar-refractivity contribution in [2.45, 2.75) is 32.7 Å². The van der Waals surface area contributed by atoms with Gasteiger partial charge in [0, 0.05) is 5.54 Å². The third-order valence-corrected chi connectivity index (χ3v) is 2.22. The molecule has 1 aromatic carbocycles. The number of amides is 3.